The maximum atomic E-state index is 13.4. The fourth-order valence-corrected chi connectivity index (χ4v) is 3.61. The van der Waals surface area contributed by atoms with Gasteiger partial charge in [0.15, 0.2) is 5.65 Å². The molecular formula is C18H22F4N4O2. The molecule has 3 rings (SSSR count). The summed E-state index contributed by atoms with van der Waals surface area (Å²) in [5.41, 5.74) is 7.33. The minimum Gasteiger partial charge on any atom is -0.469 e. The van der Waals surface area contributed by atoms with Crippen LogP contribution in [-0.4, -0.2) is 40.0 Å². The molecule has 0 aromatic carbocycles. The first-order chi connectivity index (χ1) is 13.2. The number of nitrogens with two attached hydrogens (primary N) is 1. The molecule has 2 heterocycles. The molecule has 0 spiro atoms. The van der Waals surface area contributed by atoms with E-state index in [-0.39, 0.29) is 24.3 Å². The third kappa shape index (κ3) is 4.43. The lowest BCUT2D eigenvalue weighted by molar-refractivity contribution is -0.143. The Balaban J connectivity index is 1.83. The summed E-state index contributed by atoms with van der Waals surface area (Å²) in [4.78, 5) is 16.2. The fraction of sp³-hybridized carbons (Fsp3) is 0.611. The van der Waals surface area contributed by atoms with Gasteiger partial charge in [-0.05, 0) is 30.4 Å². The Bertz CT molecular complexity index is 832. The van der Waals surface area contributed by atoms with Gasteiger partial charge in [0.25, 0.3) is 0 Å². The van der Waals surface area contributed by atoms with E-state index in [4.69, 9.17) is 5.73 Å². The van der Waals surface area contributed by atoms with Crippen LogP contribution in [0.2, 0.25) is 0 Å². The van der Waals surface area contributed by atoms with Crippen molar-refractivity contribution in [3.63, 3.8) is 0 Å². The van der Waals surface area contributed by atoms with Crippen molar-refractivity contribution in [3.8, 4) is 0 Å². The number of halogens is 4. The van der Waals surface area contributed by atoms with Gasteiger partial charge >= 0.3 is 5.97 Å². The van der Waals surface area contributed by atoms with E-state index in [2.05, 4.69) is 14.8 Å². The number of aromatic nitrogens is 3. The molecule has 0 amide bonds. The number of methoxy groups -OCH3 is 1. The normalized spacial score (nSPS) is 19.7. The lowest BCUT2D eigenvalue weighted by atomic mass is 9.81. The predicted molar refractivity (Wildman–Crippen MR) is 92.2 cm³/mol. The van der Waals surface area contributed by atoms with Gasteiger partial charge in [-0.15, -0.1) is 0 Å². The van der Waals surface area contributed by atoms with Gasteiger partial charge < -0.3 is 10.5 Å². The molecule has 2 N–H and O–H groups in total. The van der Waals surface area contributed by atoms with Crippen molar-refractivity contribution in [3.05, 3.63) is 29.7 Å². The van der Waals surface area contributed by atoms with Crippen LogP contribution >= 0.6 is 0 Å². The van der Waals surface area contributed by atoms with Crippen LogP contribution < -0.4 is 5.73 Å². The number of carbonyl (C=O) groups is 1. The zero-order valence-electron chi connectivity index (χ0n) is 15.3. The fourth-order valence-electron chi connectivity index (χ4n) is 3.61. The highest BCUT2D eigenvalue weighted by atomic mass is 19.3. The van der Waals surface area contributed by atoms with Crippen molar-refractivity contribution in [2.45, 2.75) is 56.4 Å². The van der Waals surface area contributed by atoms with Gasteiger partial charge in [0, 0.05) is 19.3 Å². The molecule has 0 saturated heterocycles. The van der Waals surface area contributed by atoms with E-state index in [1.165, 1.54) is 16.8 Å². The summed E-state index contributed by atoms with van der Waals surface area (Å²) in [5.74, 6) is -4.69. The Morgan fingerprint density at radius 2 is 2.07 bits per heavy atom. The Morgan fingerprint density at radius 3 is 2.68 bits per heavy atom. The standard InChI is InChI=1S/C18H22F4N4O2/c1-28-17(27)12(7-14(19)20)11-6-15-25-13(9-26(15)24-8-11)16(23)10-2-4-18(21,22)5-3-10/h6,8-10,12,14,16H,2-5,7,23H2,1H3/t12-,16-/m0/s1. The van der Waals surface area contributed by atoms with Gasteiger partial charge in [-0.3, -0.25) is 4.79 Å². The minimum atomic E-state index is -2.69. The molecule has 154 valence electrons. The topological polar surface area (TPSA) is 82.5 Å². The van der Waals surface area contributed by atoms with Crippen LogP contribution in [0.15, 0.2) is 18.5 Å². The van der Waals surface area contributed by atoms with E-state index in [9.17, 15) is 22.4 Å². The summed E-state index contributed by atoms with van der Waals surface area (Å²) in [5, 5.41) is 4.12. The second-order valence-electron chi connectivity index (χ2n) is 7.18. The third-order valence-corrected chi connectivity index (χ3v) is 5.27. The second-order valence-corrected chi connectivity index (χ2v) is 7.18. The average molecular weight is 402 g/mol. The first kappa shape index (κ1) is 20.5. The molecule has 1 fully saturated rings. The molecule has 2 aromatic rings. The number of ether oxygens (including phenoxy) is 1. The number of esters is 1. The van der Waals surface area contributed by atoms with Crippen LogP contribution in [0.1, 0.15) is 55.3 Å². The quantitative estimate of drug-likeness (QED) is 0.591. The van der Waals surface area contributed by atoms with Crippen LogP contribution in [-0.2, 0) is 9.53 Å². The molecule has 2 aromatic heterocycles. The van der Waals surface area contributed by atoms with Crippen molar-refractivity contribution >= 4 is 11.6 Å². The van der Waals surface area contributed by atoms with Crippen LogP contribution in [0.3, 0.4) is 0 Å². The molecule has 1 aliphatic rings. The van der Waals surface area contributed by atoms with Crippen molar-refractivity contribution in [1.82, 2.24) is 14.6 Å². The third-order valence-electron chi connectivity index (χ3n) is 5.27. The van der Waals surface area contributed by atoms with E-state index in [0.717, 1.165) is 7.11 Å². The Hall–Kier alpha value is -2.23. The Labute approximate surface area is 159 Å². The Kier molecular flexibility index (Phi) is 5.87. The number of hydrogen-bond acceptors (Lipinski definition) is 5. The summed E-state index contributed by atoms with van der Waals surface area (Å²) in [6, 6.07) is 0.959. The monoisotopic (exact) mass is 402 g/mol. The van der Waals surface area contributed by atoms with Crippen LogP contribution in [0.4, 0.5) is 17.6 Å². The number of fused-ring (bicyclic) bond motifs is 1. The lowest BCUT2D eigenvalue weighted by Crippen LogP contribution is -2.31. The van der Waals surface area contributed by atoms with Crippen molar-refractivity contribution in [2.24, 2.45) is 11.7 Å². The van der Waals surface area contributed by atoms with Gasteiger partial charge in [0.2, 0.25) is 12.3 Å². The number of nitrogens with zero attached hydrogens (tertiary/aromatic N) is 3. The number of hydrogen-bond donors (Lipinski definition) is 1. The van der Waals surface area contributed by atoms with Crippen molar-refractivity contribution < 1.29 is 27.1 Å². The van der Waals surface area contributed by atoms with Gasteiger partial charge in [-0.1, -0.05) is 0 Å². The highest BCUT2D eigenvalue weighted by Gasteiger charge is 2.37. The first-order valence-corrected chi connectivity index (χ1v) is 9.05. The smallest absolute Gasteiger partial charge is 0.313 e. The summed E-state index contributed by atoms with van der Waals surface area (Å²) < 4.78 is 58.4. The van der Waals surface area contributed by atoms with Gasteiger partial charge in [-0.25, -0.2) is 27.1 Å². The van der Waals surface area contributed by atoms with Crippen LogP contribution in [0, 0.1) is 5.92 Å². The van der Waals surface area contributed by atoms with Crippen molar-refractivity contribution in [1.29, 1.82) is 0 Å². The van der Waals surface area contributed by atoms with Crippen LogP contribution in [0.25, 0.3) is 5.65 Å². The molecule has 1 aliphatic carbocycles. The highest BCUT2D eigenvalue weighted by Crippen LogP contribution is 2.40. The molecule has 0 radical (unpaired) electrons. The molecule has 0 unspecified atom stereocenters. The SMILES string of the molecule is COC(=O)[C@@H](CC(F)F)c1cnn2cc([C@@H](N)C3CCC(F)(F)CC3)nc2c1. The average Bonchev–Trinajstić information content (AvgIpc) is 3.08. The zero-order chi connectivity index (χ0) is 20.5. The van der Waals surface area contributed by atoms with E-state index < -0.39 is 36.7 Å². The molecule has 0 aliphatic heterocycles. The number of carbonyl (C=O) groups excluding carboxylic acids is 1. The zero-order valence-corrected chi connectivity index (χ0v) is 15.3. The lowest BCUT2D eigenvalue weighted by Gasteiger charge is -2.31. The number of imidazole rings is 1. The second kappa shape index (κ2) is 8.02. The van der Waals surface area contributed by atoms with Gasteiger partial charge in [0.1, 0.15) is 0 Å². The maximum Gasteiger partial charge on any atom is 0.313 e. The molecule has 10 heteroatoms. The first-order valence-electron chi connectivity index (χ1n) is 9.05. The highest BCUT2D eigenvalue weighted by molar-refractivity contribution is 5.78. The Morgan fingerprint density at radius 1 is 1.39 bits per heavy atom. The molecule has 6 nitrogen and oxygen atoms in total. The summed E-state index contributed by atoms with van der Waals surface area (Å²) in [6.07, 6.45) is -0.252. The molecule has 1 saturated carbocycles. The maximum absolute atomic E-state index is 13.4. The summed E-state index contributed by atoms with van der Waals surface area (Å²) in [7, 11) is 1.13. The van der Waals surface area contributed by atoms with Crippen molar-refractivity contribution in [2.75, 3.05) is 7.11 Å². The van der Waals surface area contributed by atoms with Crippen LogP contribution in [0.5, 0.6) is 0 Å². The summed E-state index contributed by atoms with van der Waals surface area (Å²) >= 11 is 0. The van der Waals surface area contributed by atoms with E-state index in [1.54, 1.807) is 6.20 Å². The predicted octanol–water partition coefficient (Wildman–Crippen LogP) is 3.47. The minimum absolute atomic E-state index is 0.120. The van der Waals surface area contributed by atoms with Gasteiger partial charge in [0.05, 0.1) is 37.2 Å². The summed E-state index contributed by atoms with van der Waals surface area (Å²) in [6.45, 7) is 0. The van der Waals surface area contributed by atoms with E-state index in [1.807, 2.05) is 0 Å². The number of alkyl halides is 4. The number of rotatable bonds is 6. The molecule has 2 atom stereocenters. The van der Waals surface area contributed by atoms with Gasteiger partial charge in [-0.2, -0.15) is 5.10 Å². The largest absolute Gasteiger partial charge is 0.469 e. The molecule has 0 bridgehead atoms. The molecule has 28 heavy (non-hydrogen) atoms. The van der Waals surface area contributed by atoms with E-state index in [0.29, 0.717) is 24.2 Å². The van der Waals surface area contributed by atoms with E-state index >= 15 is 0 Å². The molecular weight excluding hydrogens is 380 g/mol.